The molecule has 0 saturated carbocycles. The second kappa shape index (κ2) is 8.85. The Hall–Kier alpha value is -1.64. The van der Waals surface area contributed by atoms with Gasteiger partial charge in [-0.1, -0.05) is 0 Å². The van der Waals surface area contributed by atoms with E-state index in [1.165, 1.54) is 12.1 Å². The van der Waals surface area contributed by atoms with Crippen molar-refractivity contribution in [2.75, 3.05) is 25.1 Å². The van der Waals surface area contributed by atoms with Gasteiger partial charge in [-0.3, -0.25) is 0 Å². The lowest BCUT2D eigenvalue weighted by atomic mass is 10.2. The first-order chi connectivity index (χ1) is 10.8. The van der Waals surface area contributed by atoms with E-state index in [1.807, 2.05) is 6.92 Å². The number of hydrogen-bond acceptors (Lipinski definition) is 5. The number of aromatic carboxylic acids is 1. The van der Waals surface area contributed by atoms with E-state index >= 15 is 0 Å². The normalized spacial score (nSPS) is 11.7. The summed E-state index contributed by atoms with van der Waals surface area (Å²) in [4.78, 5) is 11.0. The minimum atomic E-state index is -3.80. The maximum absolute atomic E-state index is 12.4. The van der Waals surface area contributed by atoms with E-state index < -0.39 is 16.0 Å². The molecule has 8 heteroatoms. The Bertz CT molecular complexity index is 629. The van der Waals surface area contributed by atoms with E-state index in [1.54, 1.807) is 13.8 Å². The maximum Gasteiger partial charge on any atom is 0.335 e. The van der Waals surface area contributed by atoms with Crippen LogP contribution >= 0.6 is 0 Å². The summed E-state index contributed by atoms with van der Waals surface area (Å²) in [6.45, 7) is 7.03. The largest absolute Gasteiger partial charge is 0.478 e. The molecule has 0 spiro atoms. The summed E-state index contributed by atoms with van der Waals surface area (Å²) in [6.07, 6.45) is 0.714. The first-order valence-corrected chi connectivity index (χ1v) is 8.97. The SMILES string of the molecule is CCOCCCNc1ccc(C(=O)O)cc1S(=O)(=O)NC(C)C. The number of hydrogen-bond donors (Lipinski definition) is 3. The zero-order valence-electron chi connectivity index (χ0n) is 13.6. The van der Waals surface area contributed by atoms with E-state index in [0.717, 1.165) is 6.07 Å². The lowest BCUT2D eigenvalue weighted by Gasteiger charge is -2.15. The van der Waals surface area contributed by atoms with Crippen LogP contribution in [-0.2, 0) is 14.8 Å². The molecule has 0 aliphatic carbocycles. The Morgan fingerprint density at radius 2 is 2.04 bits per heavy atom. The molecule has 0 bridgehead atoms. The standard InChI is InChI=1S/C15H24N2O5S/c1-4-22-9-5-8-16-13-7-6-12(15(18)19)10-14(13)23(20,21)17-11(2)3/h6-7,10-11,16-17H,4-5,8-9H2,1-3H3,(H,18,19). The van der Waals surface area contributed by atoms with Crippen molar-refractivity contribution in [2.24, 2.45) is 0 Å². The molecule has 1 aromatic carbocycles. The van der Waals surface area contributed by atoms with Gasteiger partial charge >= 0.3 is 5.97 Å². The average molecular weight is 344 g/mol. The lowest BCUT2D eigenvalue weighted by molar-refractivity contribution is 0.0696. The fraction of sp³-hybridized carbons (Fsp3) is 0.533. The van der Waals surface area contributed by atoms with Gasteiger partial charge in [0.15, 0.2) is 0 Å². The van der Waals surface area contributed by atoms with E-state index in [9.17, 15) is 13.2 Å². The molecule has 7 nitrogen and oxygen atoms in total. The average Bonchev–Trinajstić information content (AvgIpc) is 2.45. The third-order valence-corrected chi connectivity index (χ3v) is 4.59. The van der Waals surface area contributed by atoms with Crippen LogP contribution in [0.15, 0.2) is 23.1 Å². The number of sulfonamides is 1. The zero-order chi connectivity index (χ0) is 17.5. The van der Waals surface area contributed by atoms with Gasteiger partial charge in [0.05, 0.1) is 11.3 Å². The third kappa shape index (κ3) is 6.17. The molecule has 3 N–H and O–H groups in total. The van der Waals surface area contributed by atoms with Gasteiger partial charge in [0, 0.05) is 25.8 Å². The first kappa shape index (κ1) is 19.4. The van der Waals surface area contributed by atoms with E-state index in [-0.39, 0.29) is 16.5 Å². The number of carbonyl (C=O) groups is 1. The molecule has 0 saturated heterocycles. The molecule has 0 radical (unpaired) electrons. The highest BCUT2D eigenvalue weighted by Crippen LogP contribution is 2.23. The first-order valence-electron chi connectivity index (χ1n) is 7.49. The summed E-state index contributed by atoms with van der Waals surface area (Å²) in [5.41, 5.74) is 0.300. The molecule has 0 amide bonds. The molecule has 1 rings (SSSR count). The highest BCUT2D eigenvalue weighted by atomic mass is 32.2. The van der Waals surface area contributed by atoms with Crippen molar-refractivity contribution in [2.45, 2.75) is 38.1 Å². The second-order valence-electron chi connectivity index (χ2n) is 5.27. The number of carboxylic acids is 1. The molecular weight excluding hydrogens is 320 g/mol. The number of carboxylic acid groups (broad SMARTS) is 1. The number of benzene rings is 1. The van der Waals surface area contributed by atoms with Crippen LogP contribution in [0.2, 0.25) is 0 Å². The van der Waals surface area contributed by atoms with Gasteiger partial charge in [-0.05, 0) is 45.4 Å². The molecule has 0 heterocycles. The highest BCUT2D eigenvalue weighted by Gasteiger charge is 2.21. The van der Waals surface area contributed by atoms with Crippen LogP contribution in [0.25, 0.3) is 0 Å². The summed E-state index contributed by atoms with van der Waals surface area (Å²) in [5.74, 6) is -1.17. The topological polar surface area (TPSA) is 105 Å². The van der Waals surface area contributed by atoms with E-state index in [4.69, 9.17) is 9.84 Å². The minimum absolute atomic E-state index is 0.0671. The number of nitrogens with one attached hydrogen (secondary N) is 2. The Morgan fingerprint density at radius 1 is 1.35 bits per heavy atom. The molecule has 1 aromatic rings. The van der Waals surface area contributed by atoms with Crippen molar-refractivity contribution in [1.82, 2.24) is 4.72 Å². The Labute approximate surface area is 137 Å². The fourth-order valence-electron chi connectivity index (χ4n) is 1.94. The number of rotatable bonds is 10. The van der Waals surface area contributed by atoms with Gasteiger partial charge in [0.25, 0.3) is 0 Å². The molecule has 0 aliphatic heterocycles. The van der Waals surface area contributed by atoms with Gasteiger partial charge in [0.2, 0.25) is 10.0 Å². The summed E-state index contributed by atoms with van der Waals surface area (Å²) in [6, 6.07) is 3.72. The van der Waals surface area contributed by atoms with Crippen LogP contribution in [0.4, 0.5) is 5.69 Å². The van der Waals surface area contributed by atoms with Crippen LogP contribution in [-0.4, -0.2) is 45.3 Å². The fourth-order valence-corrected chi connectivity index (χ4v) is 3.40. The van der Waals surface area contributed by atoms with Crippen LogP contribution in [0.3, 0.4) is 0 Å². The Kier molecular flexibility index (Phi) is 7.47. The number of anilines is 1. The van der Waals surface area contributed by atoms with Crippen LogP contribution in [0.1, 0.15) is 37.6 Å². The van der Waals surface area contributed by atoms with Crippen LogP contribution < -0.4 is 10.0 Å². The second-order valence-corrected chi connectivity index (χ2v) is 6.95. The Balaban J connectivity index is 3.02. The quantitative estimate of drug-likeness (QED) is 0.560. The molecule has 0 atom stereocenters. The van der Waals surface area contributed by atoms with Crippen molar-refractivity contribution < 1.29 is 23.1 Å². The van der Waals surface area contributed by atoms with Gasteiger partial charge in [-0.25, -0.2) is 17.9 Å². The van der Waals surface area contributed by atoms with E-state index in [0.29, 0.717) is 31.9 Å². The maximum atomic E-state index is 12.4. The van der Waals surface area contributed by atoms with Crippen molar-refractivity contribution in [3.05, 3.63) is 23.8 Å². The van der Waals surface area contributed by atoms with Crippen molar-refractivity contribution in [3.63, 3.8) is 0 Å². The molecular formula is C15H24N2O5S. The molecule has 0 aliphatic rings. The highest BCUT2D eigenvalue weighted by molar-refractivity contribution is 7.89. The van der Waals surface area contributed by atoms with Crippen molar-refractivity contribution >= 4 is 21.7 Å². The third-order valence-electron chi connectivity index (χ3n) is 2.89. The van der Waals surface area contributed by atoms with E-state index in [2.05, 4.69) is 10.0 Å². The predicted molar refractivity (Wildman–Crippen MR) is 88.5 cm³/mol. The van der Waals surface area contributed by atoms with Gasteiger partial charge in [-0.2, -0.15) is 0 Å². The predicted octanol–water partition coefficient (Wildman–Crippen LogP) is 1.91. The van der Waals surface area contributed by atoms with Crippen molar-refractivity contribution in [3.8, 4) is 0 Å². The molecule has 23 heavy (non-hydrogen) atoms. The summed E-state index contributed by atoms with van der Waals surface area (Å²) in [7, 11) is -3.80. The Morgan fingerprint density at radius 3 is 2.61 bits per heavy atom. The van der Waals surface area contributed by atoms with Gasteiger partial charge < -0.3 is 15.2 Å². The minimum Gasteiger partial charge on any atom is -0.478 e. The summed E-state index contributed by atoms with van der Waals surface area (Å²) >= 11 is 0. The lowest BCUT2D eigenvalue weighted by Crippen LogP contribution is -2.31. The number of ether oxygens (including phenoxy) is 1. The summed E-state index contributed by atoms with van der Waals surface area (Å²) in [5, 5.41) is 12.1. The monoisotopic (exact) mass is 344 g/mol. The van der Waals surface area contributed by atoms with Crippen LogP contribution in [0.5, 0.6) is 0 Å². The molecule has 130 valence electrons. The van der Waals surface area contributed by atoms with Crippen molar-refractivity contribution in [1.29, 1.82) is 0 Å². The molecule has 0 fully saturated rings. The van der Waals surface area contributed by atoms with Crippen LogP contribution in [0, 0.1) is 0 Å². The molecule has 0 unspecified atom stereocenters. The van der Waals surface area contributed by atoms with Gasteiger partial charge in [-0.15, -0.1) is 0 Å². The smallest absolute Gasteiger partial charge is 0.335 e. The summed E-state index contributed by atoms with van der Waals surface area (Å²) < 4.78 is 32.5. The van der Waals surface area contributed by atoms with Gasteiger partial charge in [0.1, 0.15) is 4.90 Å². The zero-order valence-corrected chi connectivity index (χ0v) is 14.4. The molecule has 0 aromatic heterocycles.